The number of hydrogen-bond donors (Lipinski definition) is 2. The smallest absolute Gasteiger partial charge is 0.335 e. The summed E-state index contributed by atoms with van der Waals surface area (Å²) in [4.78, 5) is 14.4. The van der Waals surface area contributed by atoms with Crippen LogP contribution in [0.2, 0.25) is 0 Å². The average Bonchev–Trinajstić information content (AvgIpc) is 3.18. The lowest BCUT2D eigenvalue weighted by Gasteiger charge is -2.23. The fourth-order valence-corrected chi connectivity index (χ4v) is 3.86. The second-order valence-electron chi connectivity index (χ2n) is 6.13. The summed E-state index contributed by atoms with van der Waals surface area (Å²) < 4.78 is 13.8. The Morgan fingerprint density at radius 1 is 1.38 bits per heavy atom. The second kappa shape index (κ2) is 7.88. The molecule has 2 N–H and O–H groups in total. The van der Waals surface area contributed by atoms with Gasteiger partial charge in [0.1, 0.15) is 6.17 Å². The van der Waals surface area contributed by atoms with Gasteiger partial charge in [0.05, 0.1) is 5.56 Å². The van der Waals surface area contributed by atoms with Crippen LogP contribution in [0.15, 0.2) is 41.8 Å². The van der Waals surface area contributed by atoms with Crippen LogP contribution in [0.5, 0.6) is 0 Å². The number of nitrogens with zero attached hydrogens (tertiary/aromatic N) is 1. The van der Waals surface area contributed by atoms with Gasteiger partial charge >= 0.3 is 5.97 Å². The van der Waals surface area contributed by atoms with Crippen LogP contribution in [0, 0.1) is 0 Å². The van der Waals surface area contributed by atoms with Crippen LogP contribution in [0.1, 0.15) is 27.2 Å². The number of carboxylic acids is 1. The predicted octanol–water partition coefficient (Wildman–Crippen LogP) is 3.15. The number of likely N-dealkylation sites (tertiary alicyclic amines) is 1. The monoisotopic (exact) mass is 348 g/mol. The van der Waals surface area contributed by atoms with Gasteiger partial charge in [-0.25, -0.2) is 9.18 Å². The molecule has 2 aromatic rings. The number of carbonyl (C=O) groups is 1. The van der Waals surface area contributed by atoms with Crippen molar-refractivity contribution in [1.29, 1.82) is 0 Å². The van der Waals surface area contributed by atoms with Gasteiger partial charge < -0.3 is 10.4 Å². The second-order valence-corrected chi connectivity index (χ2v) is 7.16. The summed E-state index contributed by atoms with van der Waals surface area (Å²) in [6.45, 7) is 2.56. The lowest BCUT2D eigenvalue weighted by Crippen LogP contribution is -2.37. The van der Waals surface area contributed by atoms with E-state index in [1.807, 2.05) is 17.5 Å². The Hall–Kier alpha value is -1.76. The molecule has 1 fully saturated rings. The Bertz CT molecular complexity index is 677. The number of thiophene rings is 1. The summed E-state index contributed by atoms with van der Waals surface area (Å²) in [7, 11) is 0. The summed E-state index contributed by atoms with van der Waals surface area (Å²) in [5.41, 5.74) is 1.22. The van der Waals surface area contributed by atoms with Crippen molar-refractivity contribution in [2.75, 3.05) is 13.1 Å². The molecule has 2 heterocycles. The van der Waals surface area contributed by atoms with Gasteiger partial charge in [0.2, 0.25) is 0 Å². The minimum absolute atomic E-state index is 0.171. The maximum absolute atomic E-state index is 13.8. The number of aromatic carboxylic acids is 1. The zero-order valence-electron chi connectivity index (χ0n) is 13.3. The van der Waals surface area contributed by atoms with E-state index >= 15 is 0 Å². The number of rotatable bonds is 7. The largest absolute Gasteiger partial charge is 0.478 e. The zero-order chi connectivity index (χ0) is 16.9. The van der Waals surface area contributed by atoms with Gasteiger partial charge in [-0.2, -0.15) is 0 Å². The molecule has 1 aromatic carbocycles. The standard InChI is InChI=1S/C18H21FN2O2S/c19-15-8-16(21(11-15)12-17-5-2-6-24-17)10-20-9-13-3-1-4-14(7-13)18(22)23/h1-7,15-16,20H,8-12H2,(H,22,23)/t15-,16-/m0/s1. The van der Waals surface area contributed by atoms with Crippen LogP contribution < -0.4 is 5.32 Å². The van der Waals surface area contributed by atoms with Crippen molar-refractivity contribution in [1.82, 2.24) is 10.2 Å². The molecule has 0 amide bonds. The summed E-state index contributed by atoms with van der Waals surface area (Å²) in [5, 5.41) is 14.4. The topological polar surface area (TPSA) is 52.6 Å². The van der Waals surface area contributed by atoms with Gasteiger partial charge in [0.25, 0.3) is 0 Å². The molecule has 0 aliphatic carbocycles. The molecule has 0 saturated carbocycles. The maximum Gasteiger partial charge on any atom is 0.335 e. The van der Waals surface area contributed by atoms with Gasteiger partial charge in [0, 0.05) is 37.1 Å². The molecule has 1 aliphatic rings. The van der Waals surface area contributed by atoms with E-state index < -0.39 is 12.1 Å². The minimum Gasteiger partial charge on any atom is -0.478 e. The molecular weight excluding hydrogens is 327 g/mol. The van der Waals surface area contributed by atoms with Crippen LogP contribution in [0.4, 0.5) is 4.39 Å². The highest BCUT2D eigenvalue weighted by Gasteiger charge is 2.31. The van der Waals surface area contributed by atoms with Crippen molar-refractivity contribution in [3.05, 3.63) is 57.8 Å². The number of carboxylic acid groups (broad SMARTS) is 1. The third kappa shape index (κ3) is 4.41. The van der Waals surface area contributed by atoms with Crippen LogP contribution >= 0.6 is 11.3 Å². The summed E-state index contributed by atoms with van der Waals surface area (Å²) in [6.07, 6.45) is -0.222. The number of halogens is 1. The minimum atomic E-state index is -0.921. The number of alkyl halides is 1. The van der Waals surface area contributed by atoms with E-state index in [0.29, 0.717) is 31.6 Å². The third-order valence-corrected chi connectivity index (χ3v) is 5.16. The first-order valence-corrected chi connectivity index (χ1v) is 8.93. The van der Waals surface area contributed by atoms with Crippen molar-refractivity contribution in [3.8, 4) is 0 Å². The summed E-state index contributed by atoms with van der Waals surface area (Å²) >= 11 is 1.70. The van der Waals surface area contributed by atoms with Crippen LogP contribution in [-0.4, -0.2) is 41.3 Å². The van der Waals surface area contributed by atoms with Crippen LogP contribution in [0.25, 0.3) is 0 Å². The average molecular weight is 348 g/mol. The number of benzene rings is 1. The Morgan fingerprint density at radius 3 is 3.00 bits per heavy atom. The molecule has 6 heteroatoms. The normalized spacial score (nSPS) is 21.2. The zero-order valence-corrected chi connectivity index (χ0v) is 14.1. The van der Waals surface area contributed by atoms with E-state index in [2.05, 4.69) is 16.3 Å². The van der Waals surface area contributed by atoms with E-state index in [0.717, 1.165) is 12.1 Å². The molecule has 1 aromatic heterocycles. The van der Waals surface area contributed by atoms with Crippen molar-refractivity contribution >= 4 is 17.3 Å². The quantitative estimate of drug-likeness (QED) is 0.807. The lowest BCUT2D eigenvalue weighted by atomic mass is 10.1. The SMILES string of the molecule is O=C(O)c1cccc(CNC[C@@H]2C[C@H](F)CN2Cc2cccs2)c1. The van der Waals surface area contributed by atoms with Crippen molar-refractivity contribution in [2.24, 2.45) is 0 Å². The van der Waals surface area contributed by atoms with Crippen molar-refractivity contribution in [2.45, 2.75) is 31.7 Å². The van der Waals surface area contributed by atoms with E-state index in [-0.39, 0.29) is 6.04 Å². The van der Waals surface area contributed by atoms with Crippen molar-refractivity contribution in [3.63, 3.8) is 0 Å². The van der Waals surface area contributed by atoms with Gasteiger partial charge in [0.15, 0.2) is 0 Å². The molecule has 3 rings (SSSR count). The molecule has 2 atom stereocenters. The molecular formula is C18H21FN2O2S. The van der Waals surface area contributed by atoms with Crippen LogP contribution in [-0.2, 0) is 13.1 Å². The first-order valence-electron chi connectivity index (χ1n) is 8.05. The third-order valence-electron chi connectivity index (χ3n) is 4.30. The Balaban J connectivity index is 1.53. The van der Waals surface area contributed by atoms with Gasteiger partial charge in [-0.15, -0.1) is 11.3 Å². The first-order chi connectivity index (χ1) is 11.6. The van der Waals surface area contributed by atoms with E-state index in [4.69, 9.17) is 5.11 Å². The molecule has 24 heavy (non-hydrogen) atoms. The Labute approximate surface area is 144 Å². The van der Waals surface area contributed by atoms with Crippen molar-refractivity contribution < 1.29 is 14.3 Å². The lowest BCUT2D eigenvalue weighted by molar-refractivity contribution is 0.0696. The highest BCUT2D eigenvalue weighted by molar-refractivity contribution is 7.09. The maximum atomic E-state index is 13.8. The number of nitrogens with one attached hydrogen (secondary N) is 1. The fourth-order valence-electron chi connectivity index (χ4n) is 3.13. The highest BCUT2D eigenvalue weighted by Crippen LogP contribution is 2.24. The van der Waals surface area contributed by atoms with Gasteiger partial charge in [-0.1, -0.05) is 18.2 Å². The highest BCUT2D eigenvalue weighted by atomic mass is 32.1. The van der Waals surface area contributed by atoms with E-state index in [9.17, 15) is 9.18 Å². The molecule has 1 saturated heterocycles. The van der Waals surface area contributed by atoms with Gasteiger partial charge in [-0.3, -0.25) is 4.90 Å². The Kier molecular flexibility index (Phi) is 5.60. The molecule has 0 bridgehead atoms. The fraction of sp³-hybridized carbons (Fsp3) is 0.389. The van der Waals surface area contributed by atoms with Gasteiger partial charge in [-0.05, 0) is 35.6 Å². The summed E-state index contributed by atoms with van der Waals surface area (Å²) in [5.74, 6) is -0.921. The predicted molar refractivity (Wildman–Crippen MR) is 93.1 cm³/mol. The van der Waals surface area contributed by atoms with E-state index in [1.165, 1.54) is 4.88 Å². The first kappa shape index (κ1) is 17.1. The summed E-state index contributed by atoms with van der Waals surface area (Å²) in [6, 6.07) is 11.2. The van der Waals surface area contributed by atoms with E-state index in [1.54, 1.807) is 29.5 Å². The molecule has 0 radical (unpaired) electrons. The number of hydrogen-bond acceptors (Lipinski definition) is 4. The van der Waals surface area contributed by atoms with Crippen LogP contribution in [0.3, 0.4) is 0 Å². The molecule has 4 nitrogen and oxygen atoms in total. The molecule has 0 spiro atoms. The molecule has 1 aliphatic heterocycles. The molecule has 0 unspecified atom stereocenters. The molecule has 128 valence electrons. The Morgan fingerprint density at radius 2 is 2.25 bits per heavy atom.